The van der Waals surface area contributed by atoms with E-state index >= 15 is 0 Å². The second-order valence-electron chi connectivity index (χ2n) is 5.93. The fourth-order valence-electron chi connectivity index (χ4n) is 3.05. The number of halogens is 2. The zero-order chi connectivity index (χ0) is 17.4. The average Bonchev–Trinajstić information content (AvgIpc) is 3.24. The third kappa shape index (κ3) is 3.05. The highest BCUT2D eigenvalue weighted by Gasteiger charge is 2.33. The molecule has 2 aromatic carbocycles. The summed E-state index contributed by atoms with van der Waals surface area (Å²) >= 11 is 5.76. The van der Waals surface area contributed by atoms with Crippen LogP contribution in [0, 0.1) is 5.82 Å². The molecule has 0 radical (unpaired) electrons. The quantitative estimate of drug-likeness (QED) is 0.760. The maximum Gasteiger partial charge on any atom is 0.299 e. The van der Waals surface area contributed by atoms with Gasteiger partial charge in [0.25, 0.3) is 6.01 Å². The Morgan fingerprint density at radius 3 is 2.96 bits per heavy atom. The lowest BCUT2D eigenvalue weighted by molar-refractivity contribution is -0.117. The van der Waals surface area contributed by atoms with Crippen molar-refractivity contribution in [1.82, 2.24) is 4.98 Å². The van der Waals surface area contributed by atoms with Crippen molar-refractivity contribution in [2.75, 3.05) is 16.8 Å². The maximum atomic E-state index is 13.2. The van der Waals surface area contributed by atoms with E-state index in [0.29, 0.717) is 30.3 Å². The molecule has 0 bridgehead atoms. The molecule has 7 heteroatoms. The molecule has 1 aliphatic rings. The van der Waals surface area contributed by atoms with Crippen molar-refractivity contribution in [1.29, 1.82) is 0 Å². The average molecular weight is 360 g/mol. The molecule has 1 atom stereocenters. The first-order valence-electron chi connectivity index (χ1n) is 8.00. The second kappa shape index (κ2) is 6.37. The van der Waals surface area contributed by atoms with Crippen LogP contribution in [-0.4, -0.2) is 23.5 Å². The monoisotopic (exact) mass is 359 g/mol. The summed E-state index contributed by atoms with van der Waals surface area (Å²) in [5.74, 6) is -0.712. The van der Waals surface area contributed by atoms with E-state index in [9.17, 15) is 9.18 Å². The van der Waals surface area contributed by atoms with Gasteiger partial charge in [-0.15, -0.1) is 0 Å². The molecule has 3 aromatic rings. The number of hydrogen-bond donors (Lipinski definition) is 1. The van der Waals surface area contributed by atoms with Crippen molar-refractivity contribution >= 4 is 40.3 Å². The van der Waals surface area contributed by atoms with E-state index in [-0.39, 0.29) is 10.9 Å². The van der Waals surface area contributed by atoms with Crippen molar-refractivity contribution < 1.29 is 13.6 Å². The standard InChI is InChI=1S/C18H15ClFN3O2/c19-12-10-11(7-8-13(12)20)21-17(24)15-5-3-9-23(15)18-22-14-4-1-2-6-16(14)25-18/h1-2,4,6-8,10,15H,3,5,9H2,(H,21,24)/t15-/m1/s1. The zero-order valence-corrected chi connectivity index (χ0v) is 14.0. The molecule has 1 aliphatic heterocycles. The fraction of sp³-hybridized carbons (Fsp3) is 0.222. The van der Waals surface area contributed by atoms with Crippen LogP contribution in [0.1, 0.15) is 12.8 Å². The first kappa shape index (κ1) is 15.9. The molecule has 4 rings (SSSR count). The Bertz CT molecular complexity index is 910. The van der Waals surface area contributed by atoms with Crippen LogP contribution in [0.3, 0.4) is 0 Å². The summed E-state index contributed by atoms with van der Waals surface area (Å²) in [5.41, 5.74) is 1.91. The van der Waals surface area contributed by atoms with Crippen molar-refractivity contribution in [2.24, 2.45) is 0 Å². The van der Waals surface area contributed by atoms with Gasteiger partial charge in [-0.3, -0.25) is 4.79 Å². The van der Waals surface area contributed by atoms with Crippen LogP contribution in [-0.2, 0) is 4.79 Å². The smallest absolute Gasteiger partial charge is 0.299 e. The number of amides is 1. The highest BCUT2D eigenvalue weighted by molar-refractivity contribution is 6.31. The summed E-state index contributed by atoms with van der Waals surface area (Å²) in [5, 5.41) is 2.76. The molecule has 0 unspecified atom stereocenters. The molecule has 1 aromatic heterocycles. The van der Waals surface area contributed by atoms with E-state index < -0.39 is 11.9 Å². The zero-order valence-electron chi connectivity index (χ0n) is 13.2. The van der Waals surface area contributed by atoms with Crippen LogP contribution in [0.5, 0.6) is 0 Å². The molecule has 2 heterocycles. The Hall–Kier alpha value is -2.60. The summed E-state index contributed by atoms with van der Waals surface area (Å²) in [6, 6.07) is 11.6. The van der Waals surface area contributed by atoms with E-state index in [1.54, 1.807) is 0 Å². The minimum Gasteiger partial charge on any atom is -0.423 e. The third-order valence-electron chi connectivity index (χ3n) is 4.27. The summed E-state index contributed by atoms with van der Waals surface area (Å²) < 4.78 is 19.0. The van der Waals surface area contributed by atoms with E-state index in [1.165, 1.54) is 18.2 Å². The molecule has 1 N–H and O–H groups in total. The number of para-hydroxylation sites is 2. The van der Waals surface area contributed by atoms with Crippen LogP contribution in [0.4, 0.5) is 16.1 Å². The molecule has 5 nitrogen and oxygen atoms in total. The Morgan fingerprint density at radius 1 is 1.32 bits per heavy atom. The number of hydrogen-bond acceptors (Lipinski definition) is 4. The van der Waals surface area contributed by atoms with Gasteiger partial charge in [-0.05, 0) is 43.2 Å². The maximum absolute atomic E-state index is 13.2. The van der Waals surface area contributed by atoms with Gasteiger partial charge >= 0.3 is 0 Å². The van der Waals surface area contributed by atoms with Crippen LogP contribution in [0.2, 0.25) is 5.02 Å². The normalized spacial score (nSPS) is 17.2. The van der Waals surface area contributed by atoms with Gasteiger partial charge in [-0.25, -0.2) is 4.39 Å². The van der Waals surface area contributed by atoms with Gasteiger partial charge < -0.3 is 14.6 Å². The van der Waals surface area contributed by atoms with Gasteiger partial charge in [0.15, 0.2) is 5.58 Å². The number of benzene rings is 2. The minimum atomic E-state index is -0.520. The van der Waals surface area contributed by atoms with Gasteiger partial charge in [-0.2, -0.15) is 4.98 Å². The number of carbonyl (C=O) groups is 1. The van der Waals surface area contributed by atoms with Gasteiger partial charge in [0, 0.05) is 12.2 Å². The Kier molecular flexibility index (Phi) is 4.05. The largest absolute Gasteiger partial charge is 0.423 e. The summed E-state index contributed by atoms with van der Waals surface area (Å²) in [6.45, 7) is 0.690. The molecule has 0 spiro atoms. The van der Waals surface area contributed by atoms with Crippen molar-refractivity contribution in [3.63, 3.8) is 0 Å². The lowest BCUT2D eigenvalue weighted by atomic mass is 10.2. The fourth-order valence-corrected chi connectivity index (χ4v) is 3.23. The van der Waals surface area contributed by atoms with E-state index in [2.05, 4.69) is 10.3 Å². The Balaban J connectivity index is 1.56. The van der Waals surface area contributed by atoms with E-state index in [4.69, 9.17) is 16.0 Å². The van der Waals surface area contributed by atoms with Crippen LogP contribution in [0.25, 0.3) is 11.1 Å². The van der Waals surface area contributed by atoms with Gasteiger partial charge in [0.1, 0.15) is 17.4 Å². The first-order chi connectivity index (χ1) is 12.1. The van der Waals surface area contributed by atoms with Crippen molar-refractivity contribution in [3.05, 3.63) is 53.3 Å². The summed E-state index contributed by atoms with van der Waals surface area (Å²) in [4.78, 5) is 19.0. The number of fused-ring (bicyclic) bond motifs is 1. The molecular weight excluding hydrogens is 345 g/mol. The lowest BCUT2D eigenvalue weighted by Crippen LogP contribution is -2.39. The first-order valence-corrected chi connectivity index (χ1v) is 8.38. The number of oxazole rings is 1. The SMILES string of the molecule is O=C(Nc1ccc(F)c(Cl)c1)[C@H]1CCCN1c1nc2ccccc2o1. The minimum absolute atomic E-state index is 0.0278. The summed E-state index contributed by atoms with van der Waals surface area (Å²) in [7, 11) is 0. The lowest BCUT2D eigenvalue weighted by Gasteiger charge is -2.22. The van der Waals surface area contributed by atoms with E-state index in [1.807, 2.05) is 29.2 Å². The second-order valence-corrected chi connectivity index (χ2v) is 6.34. The number of anilines is 2. The predicted molar refractivity (Wildman–Crippen MR) is 94.4 cm³/mol. The molecule has 25 heavy (non-hydrogen) atoms. The molecular formula is C18H15ClFN3O2. The predicted octanol–water partition coefficient (Wildman–Crippen LogP) is 4.23. The number of carbonyl (C=O) groups excluding carboxylic acids is 1. The molecule has 0 aliphatic carbocycles. The molecule has 1 amide bonds. The highest BCUT2D eigenvalue weighted by Crippen LogP contribution is 2.29. The van der Waals surface area contributed by atoms with Gasteiger partial charge in [0.05, 0.1) is 5.02 Å². The van der Waals surface area contributed by atoms with E-state index in [0.717, 1.165) is 11.9 Å². The van der Waals surface area contributed by atoms with Gasteiger partial charge in [-0.1, -0.05) is 23.7 Å². The number of rotatable bonds is 3. The Morgan fingerprint density at radius 2 is 2.16 bits per heavy atom. The molecule has 1 saturated heterocycles. The number of aromatic nitrogens is 1. The topological polar surface area (TPSA) is 58.4 Å². The molecule has 0 saturated carbocycles. The van der Waals surface area contributed by atoms with Crippen LogP contribution >= 0.6 is 11.6 Å². The van der Waals surface area contributed by atoms with Crippen LogP contribution in [0.15, 0.2) is 46.9 Å². The number of nitrogens with zero attached hydrogens (tertiary/aromatic N) is 2. The van der Waals surface area contributed by atoms with Gasteiger partial charge in [0.2, 0.25) is 5.91 Å². The van der Waals surface area contributed by atoms with Crippen molar-refractivity contribution in [3.8, 4) is 0 Å². The molecule has 128 valence electrons. The summed E-state index contributed by atoms with van der Waals surface area (Å²) in [6.07, 6.45) is 1.56. The van der Waals surface area contributed by atoms with Crippen molar-refractivity contribution in [2.45, 2.75) is 18.9 Å². The Labute approximate surface area is 148 Å². The molecule has 1 fully saturated rings. The highest BCUT2D eigenvalue weighted by atomic mass is 35.5. The van der Waals surface area contributed by atoms with Crippen LogP contribution < -0.4 is 10.2 Å². The third-order valence-corrected chi connectivity index (χ3v) is 4.56. The number of nitrogens with one attached hydrogen (secondary N) is 1.